The Kier molecular flexibility index (Phi) is 4.70. The number of hydrogen-bond donors (Lipinski definition) is 1. The number of carboxylic acid groups (broad SMARTS) is 1. The number of aryl methyl sites for hydroxylation is 1. The van der Waals surface area contributed by atoms with E-state index in [1.54, 1.807) is 6.07 Å². The van der Waals surface area contributed by atoms with Crippen LogP contribution in [0.25, 0.3) is 0 Å². The molecule has 92 valence electrons. The lowest BCUT2D eigenvalue weighted by Crippen LogP contribution is -2.09. The minimum absolute atomic E-state index is 0.111. The lowest BCUT2D eigenvalue weighted by Gasteiger charge is -2.12. The molecular weight excluding hydrogens is 240 g/mol. The van der Waals surface area contributed by atoms with E-state index in [-0.39, 0.29) is 12.2 Å². The van der Waals surface area contributed by atoms with E-state index in [0.29, 0.717) is 11.1 Å². The molecular formula is C13H15ClO3. The summed E-state index contributed by atoms with van der Waals surface area (Å²) in [6.45, 7) is 3.39. The quantitative estimate of drug-likeness (QED) is 0.822. The first-order valence-corrected chi connectivity index (χ1v) is 5.87. The molecule has 0 saturated carbocycles. The molecule has 1 aromatic rings. The van der Waals surface area contributed by atoms with Gasteiger partial charge in [-0.25, -0.2) is 0 Å². The van der Waals surface area contributed by atoms with Crippen molar-refractivity contribution in [3.8, 4) is 0 Å². The van der Waals surface area contributed by atoms with E-state index >= 15 is 0 Å². The molecule has 0 heterocycles. The van der Waals surface area contributed by atoms with Gasteiger partial charge in [-0.1, -0.05) is 25.1 Å². The van der Waals surface area contributed by atoms with Gasteiger partial charge in [0.1, 0.15) is 5.38 Å². The number of hydrogen-bond acceptors (Lipinski definition) is 2. The molecule has 17 heavy (non-hydrogen) atoms. The summed E-state index contributed by atoms with van der Waals surface area (Å²) < 4.78 is 0. The van der Waals surface area contributed by atoms with Crippen molar-refractivity contribution in [2.45, 2.75) is 32.1 Å². The first-order valence-electron chi connectivity index (χ1n) is 5.43. The summed E-state index contributed by atoms with van der Waals surface area (Å²) in [7, 11) is 0. The number of ketones is 1. The number of rotatable bonds is 5. The highest BCUT2D eigenvalue weighted by Crippen LogP contribution is 2.26. The number of carboxylic acids is 1. The van der Waals surface area contributed by atoms with Crippen molar-refractivity contribution in [3.05, 3.63) is 34.9 Å². The SMILES string of the molecule is CCc1ccc(C(Cl)C(C)=O)c(CC(=O)O)c1. The van der Waals surface area contributed by atoms with Crippen molar-refractivity contribution in [3.63, 3.8) is 0 Å². The van der Waals surface area contributed by atoms with Gasteiger partial charge in [-0.15, -0.1) is 11.6 Å². The first-order chi connectivity index (χ1) is 7.95. The molecule has 3 nitrogen and oxygen atoms in total. The van der Waals surface area contributed by atoms with Crippen LogP contribution in [0.2, 0.25) is 0 Å². The number of carbonyl (C=O) groups excluding carboxylic acids is 1. The Morgan fingerprint density at radius 3 is 2.53 bits per heavy atom. The zero-order valence-corrected chi connectivity index (χ0v) is 10.6. The normalized spacial score (nSPS) is 12.2. The topological polar surface area (TPSA) is 54.4 Å². The van der Waals surface area contributed by atoms with Crippen LogP contribution in [0.15, 0.2) is 18.2 Å². The van der Waals surface area contributed by atoms with E-state index in [0.717, 1.165) is 12.0 Å². The van der Waals surface area contributed by atoms with Crippen LogP contribution in [-0.2, 0) is 22.4 Å². The predicted molar refractivity (Wildman–Crippen MR) is 66.4 cm³/mol. The van der Waals surface area contributed by atoms with Gasteiger partial charge in [-0.2, -0.15) is 0 Å². The zero-order chi connectivity index (χ0) is 13.0. The monoisotopic (exact) mass is 254 g/mol. The van der Waals surface area contributed by atoms with Crippen LogP contribution in [0.5, 0.6) is 0 Å². The average molecular weight is 255 g/mol. The van der Waals surface area contributed by atoms with Crippen molar-refractivity contribution in [2.24, 2.45) is 0 Å². The maximum atomic E-state index is 11.3. The van der Waals surface area contributed by atoms with Gasteiger partial charge >= 0.3 is 5.97 Å². The largest absolute Gasteiger partial charge is 0.481 e. The van der Waals surface area contributed by atoms with Gasteiger partial charge in [0.2, 0.25) is 0 Å². The number of benzene rings is 1. The molecule has 0 aliphatic rings. The van der Waals surface area contributed by atoms with E-state index in [4.69, 9.17) is 16.7 Å². The number of aliphatic carboxylic acids is 1. The van der Waals surface area contributed by atoms with Crippen molar-refractivity contribution < 1.29 is 14.7 Å². The van der Waals surface area contributed by atoms with Crippen LogP contribution in [0.4, 0.5) is 0 Å². The predicted octanol–water partition coefficient (Wildman–Crippen LogP) is 2.75. The van der Waals surface area contributed by atoms with E-state index in [2.05, 4.69) is 0 Å². The van der Waals surface area contributed by atoms with Crippen molar-refractivity contribution in [2.75, 3.05) is 0 Å². The molecule has 1 atom stereocenters. The Morgan fingerprint density at radius 1 is 1.41 bits per heavy atom. The van der Waals surface area contributed by atoms with Crippen LogP contribution in [-0.4, -0.2) is 16.9 Å². The second-order valence-electron chi connectivity index (χ2n) is 3.93. The number of carbonyl (C=O) groups is 2. The highest BCUT2D eigenvalue weighted by Gasteiger charge is 2.18. The first kappa shape index (κ1) is 13.7. The summed E-state index contributed by atoms with van der Waals surface area (Å²) in [5.74, 6) is -1.10. The van der Waals surface area contributed by atoms with Crippen molar-refractivity contribution in [1.29, 1.82) is 0 Å². The average Bonchev–Trinajstić information content (AvgIpc) is 2.27. The summed E-state index contributed by atoms with van der Waals surface area (Å²) in [6, 6.07) is 5.43. The Hall–Kier alpha value is -1.35. The van der Waals surface area contributed by atoms with E-state index in [1.165, 1.54) is 6.92 Å². The maximum absolute atomic E-state index is 11.3. The molecule has 1 aromatic carbocycles. The minimum atomic E-state index is -0.924. The fourth-order valence-electron chi connectivity index (χ4n) is 1.66. The van der Waals surface area contributed by atoms with Gasteiger partial charge in [0, 0.05) is 0 Å². The molecule has 1 unspecified atom stereocenters. The van der Waals surface area contributed by atoms with Crippen LogP contribution < -0.4 is 0 Å². The van der Waals surface area contributed by atoms with Crippen LogP contribution in [0.1, 0.15) is 35.9 Å². The van der Waals surface area contributed by atoms with E-state index < -0.39 is 11.3 Å². The number of Topliss-reactive ketones (excluding diaryl/α,β-unsaturated/α-hetero) is 1. The molecule has 4 heteroatoms. The Balaban J connectivity index is 3.18. The van der Waals surface area contributed by atoms with Gasteiger partial charge < -0.3 is 5.11 Å². The van der Waals surface area contributed by atoms with E-state index in [9.17, 15) is 9.59 Å². The minimum Gasteiger partial charge on any atom is -0.481 e. The fraction of sp³-hybridized carbons (Fsp3) is 0.385. The highest BCUT2D eigenvalue weighted by atomic mass is 35.5. The molecule has 0 aliphatic carbocycles. The Labute approximate surface area is 105 Å². The molecule has 0 saturated heterocycles. The summed E-state index contributed by atoms with van der Waals surface area (Å²) in [4.78, 5) is 22.0. The standard InChI is InChI=1S/C13H15ClO3/c1-3-9-4-5-11(13(14)8(2)15)10(6-9)7-12(16)17/h4-6,13H,3,7H2,1-2H3,(H,16,17). The molecule has 1 N–H and O–H groups in total. The summed E-state index contributed by atoms with van der Waals surface area (Å²) in [5, 5.41) is 8.08. The van der Waals surface area contributed by atoms with Crippen LogP contribution in [0.3, 0.4) is 0 Å². The molecule has 0 radical (unpaired) electrons. The lowest BCUT2D eigenvalue weighted by molar-refractivity contribution is -0.136. The van der Waals surface area contributed by atoms with Gasteiger partial charge in [0.25, 0.3) is 0 Å². The summed E-state index contributed by atoms with van der Waals surface area (Å²) in [6.07, 6.45) is 0.708. The second-order valence-corrected chi connectivity index (χ2v) is 4.37. The third-order valence-corrected chi connectivity index (χ3v) is 3.13. The van der Waals surface area contributed by atoms with Crippen molar-refractivity contribution >= 4 is 23.4 Å². The molecule has 0 amide bonds. The third-order valence-electron chi connectivity index (χ3n) is 2.59. The second kappa shape index (κ2) is 5.82. The number of alkyl halides is 1. The summed E-state index contributed by atoms with van der Waals surface area (Å²) in [5.41, 5.74) is 2.25. The smallest absolute Gasteiger partial charge is 0.307 e. The molecule has 0 bridgehead atoms. The Morgan fingerprint density at radius 2 is 2.06 bits per heavy atom. The lowest BCUT2D eigenvalue weighted by atomic mass is 9.96. The summed E-state index contributed by atoms with van der Waals surface area (Å²) >= 11 is 5.98. The van der Waals surface area contributed by atoms with Crippen molar-refractivity contribution in [1.82, 2.24) is 0 Å². The Bertz CT molecular complexity index is 440. The number of halogens is 1. The molecule has 0 aromatic heterocycles. The highest BCUT2D eigenvalue weighted by molar-refractivity contribution is 6.30. The maximum Gasteiger partial charge on any atom is 0.307 e. The molecule has 0 fully saturated rings. The molecule has 0 spiro atoms. The van der Waals surface area contributed by atoms with Crippen LogP contribution in [0, 0.1) is 0 Å². The fourth-order valence-corrected chi connectivity index (χ4v) is 1.87. The van der Waals surface area contributed by atoms with Gasteiger partial charge in [0.15, 0.2) is 5.78 Å². The van der Waals surface area contributed by atoms with Gasteiger partial charge in [-0.3, -0.25) is 9.59 Å². The molecule has 1 rings (SSSR count). The van der Waals surface area contributed by atoms with Gasteiger partial charge in [0.05, 0.1) is 6.42 Å². The van der Waals surface area contributed by atoms with Gasteiger partial charge in [-0.05, 0) is 30.0 Å². The van der Waals surface area contributed by atoms with E-state index in [1.807, 2.05) is 19.1 Å². The van der Waals surface area contributed by atoms with Crippen LogP contribution >= 0.6 is 11.6 Å². The zero-order valence-electron chi connectivity index (χ0n) is 9.87. The molecule has 0 aliphatic heterocycles. The third kappa shape index (κ3) is 3.56.